The number of carboxylic acids is 1. The zero-order valence-electron chi connectivity index (χ0n) is 9.80. The van der Waals surface area contributed by atoms with Gasteiger partial charge in [-0.25, -0.2) is 4.79 Å². The van der Waals surface area contributed by atoms with E-state index >= 15 is 0 Å². The summed E-state index contributed by atoms with van der Waals surface area (Å²) < 4.78 is 1.12. The molecule has 1 atom stereocenters. The number of aliphatic carboxylic acids is 1. The predicted molar refractivity (Wildman–Crippen MR) is 75.2 cm³/mol. The van der Waals surface area contributed by atoms with Crippen molar-refractivity contribution in [1.29, 1.82) is 0 Å². The molecular weight excluding hydrogens is 345 g/mol. The summed E-state index contributed by atoms with van der Waals surface area (Å²) in [5.74, 6) is -0.996. The minimum atomic E-state index is -0.900. The first-order chi connectivity index (χ1) is 8.58. The van der Waals surface area contributed by atoms with E-state index in [0.29, 0.717) is 13.0 Å². The molecule has 0 unspecified atom stereocenters. The summed E-state index contributed by atoms with van der Waals surface area (Å²) >= 11 is 2.21. The van der Waals surface area contributed by atoms with Crippen LogP contribution in [0.25, 0.3) is 0 Å². The van der Waals surface area contributed by atoms with Gasteiger partial charge in [-0.15, -0.1) is 0 Å². The topological polar surface area (TPSA) is 57.6 Å². The number of carbonyl (C=O) groups excluding carboxylic acids is 1. The summed E-state index contributed by atoms with van der Waals surface area (Å²) in [7, 11) is 0. The molecule has 0 saturated carbocycles. The molecule has 1 aliphatic rings. The van der Waals surface area contributed by atoms with Crippen molar-refractivity contribution in [1.82, 2.24) is 4.90 Å². The minimum Gasteiger partial charge on any atom is -0.480 e. The molecule has 1 fully saturated rings. The number of carboxylic acid groups (broad SMARTS) is 1. The Morgan fingerprint density at radius 2 is 2.00 bits per heavy atom. The Hall–Kier alpha value is -1.11. The molecule has 1 heterocycles. The average Bonchev–Trinajstić information content (AvgIpc) is 2.81. The number of hydrogen-bond acceptors (Lipinski definition) is 2. The zero-order chi connectivity index (χ0) is 13.1. The molecule has 5 heteroatoms. The molecule has 1 aliphatic heterocycles. The van der Waals surface area contributed by atoms with Crippen LogP contribution in [0.1, 0.15) is 18.4 Å². The van der Waals surface area contributed by atoms with Crippen LogP contribution in [0.3, 0.4) is 0 Å². The van der Waals surface area contributed by atoms with Crippen molar-refractivity contribution in [2.24, 2.45) is 0 Å². The second-order valence-electron chi connectivity index (χ2n) is 4.39. The van der Waals surface area contributed by atoms with Gasteiger partial charge in [0, 0.05) is 10.1 Å². The first kappa shape index (κ1) is 13.3. The molecule has 0 aliphatic carbocycles. The van der Waals surface area contributed by atoms with Gasteiger partial charge in [0.2, 0.25) is 5.91 Å². The third-order valence-electron chi connectivity index (χ3n) is 3.13. The van der Waals surface area contributed by atoms with Crippen LogP contribution in [0.5, 0.6) is 0 Å². The Labute approximate surface area is 119 Å². The average molecular weight is 359 g/mol. The Morgan fingerprint density at radius 3 is 2.61 bits per heavy atom. The van der Waals surface area contributed by atoms with Gasteiger partial charge in [0.15, 0.2) is 0 Å². The molecule has 18 heavy (non-hydrogen) atoms. The van der Waals surface area contributed by atoms with E-state index < -0.39 is 12.0 Å². The molecule has 4 nitrogen and oxygen atoms in total. The van der Waals surface area contributed by atoms with Crippen LogP contribution in [-0.4, -0.2) is 34.5 Å². The molecule has 1 amide bonds. The van der Waals surface area contributed by atoms with Gasteiger partial charge in [-0.3, -0.25) is 4.79 Å². The van der Waals surface area contributed by atoms with Gasteiger partial charge in [-0.05, 0) is 53.1 Å². The molecule has 0 radical (unpaired) electrons. The monoisotopic (exact) mass is 359 g/mol. The minimum absolute atomic E-state index is 0.0962. The van der Waals surface area contributed by atoms with E-state index in [2.05, 4.69) is 22.6 Å². The maximum atomic E-state index is 12.1. The van der Waals surface area contributed by atoms with E-state index in [1.165, 1.54) is 4.90 Å². The summed E-state index contributed by atoms with van der Waals surface area (Å²) in [5.41, 5.74) is 0.927. The Morgan fingerprint density at radius 1 is 1.33 bits per heavy atom. The number of rotatable bonds is 3. The van der Waals surface area contributed by atoms with Gasteiger partial charge in [-0.2, -0.15) is 0 Å². The highest BCUT2D eigenvalue weighted by Gasteiger charge is 2.33. The molecule has 1 saturated heterocycles. The van der Waals surface area contributed by atoms with Crippen molar-refractivity contribution in [2.75, 3.05) is 6.54 Å². The Kier molecular flexibility index (Phi) is 4.21. The molecule has 0 aromatic heterocycles. The number of nitrogens with zero attached hydrogens (tertiary/aromatic N) is 1. The second-order valence-corrected chi connectivity index (χ2v) is 5.63. The fourth-order valence-corrected chi connectivity index (χ4v) is 2.56. The summed E-state index contributed by atoms with van der Waals surface area (Å²) in [5, 5.41) is 9.04. The molecule has 2 rings (SSSR count). The van der Waals surface area contributed by atoms with E-state index in [1.807, 2.05) is 24.3 Å². The van der Waals surface area contributed by atoms with Crippen LogP contribution in [0.15, 0.2) is 24.3 Å². The van der Waals surface area contributed by atoms with Crippen LogP contribution in [-0.2, 0) is 16.0 Å². The number of hydrogen-bond donors (Lipinski definition) is 1. The van der Waals surface area contributed by atoms with Gasteiger partial charge in [0.25, 0.3) is 0 Å². The van der Waals surface area contributed by atoms with E-state index in [0.717, 1.165) is 15.6 Å². The van der Waals surface area contributed by atoms with Crippen molar-refractivity contribution < 1.29 is 14.7 Å². The van der Waals surface area contributed by atoms with Gasteiger partial charge in [-0.1, -0.05) is 12.1 Å². The van der Waals surface area contributed by atoms with Crippen molar-refractivity contribution >= 4 is 34.5 Å². The van der Waals surface area contributed by atoms with Gasteiger partial charge >= 0.3 is 5.97 Å². The Balaban J connectivity index is 2.03. The maximum Gasteiger partial charge on any atom is 0.326 e. The standard InChI is InChI=1S/C13H14INO3/c14-10-5-3-9(4-6-10)8-12(16)15-7-1-2-11(15)13(17)18/h3-6,11H,1-2,7-8H2,(H,17,18)/t11-/m1/s1. The zero-order valence-corrected chi connectivity index (χ0v) is 12.0. The van der Waals surface area contributed by atoms with Crippen LogP contribution in [0, 0.1) is 3.57 Å². The van der Waals surface area contributed by atoms with E-state index in [-0.39, 0.29) is 12.3 Å². The van der Waals surface area contributed by atoms with Crippen molar-refractivity contribution in [2.45, 2.75) is 25.3 Å². The quantitative estimate of drug-likeness (QED) is 0.839. The summed E-state index contributed by atoms with van der Waals surface area (Å²) in [4.78, 5) is 24.6. The van der Waals surface area contributed by atoms with Crippen molar-refractivity contribution in [3.05, 3.63) is 33.4 Å². The van der Waals surface area contributed by atoms with E-state index in [9.17, 15) is 9.59 Å². The van der Waals surface area contributed by atoms with Crippen molar-refractivity contribution in [3.63, 3.8) is 0 Å². The number of benzene rings is 1. The first-order valence-electron chi connectivity index (χ1n) is 5.84. The SMILES string of the molecule is O=C(O)[C@H]1CCCN1C(=O)Cc1ccc(I)cc1. The number of halogens is 1. The highest BCUT2D eigenvalue weighted by molar-refractivity contribution is 14.1. The first-order valence-corrected chi connectivity index (χ1v) is 6.92. The second kappa shape index (κ2) is 5.69. The molecular formula is C13H14INO3. The largest absolute Gasteiger partial charge is 0.480 e. The normalized spacial score (nSPS) is 18.9. The van der Waals surface area contributed by atoms with Crippen LogP contribution >= 0.6 is 22.6 Å². The van der Waals surface area contributed by atoms with Gasteiger partial charge < -0.3 is 10.0 Å². The van der Waals surface area contributed by atoms with Crippen LogP contribution < -0.4 is 0 Å². The highest BCUT2D eigenvalue weighted by Crippen LogP contribution is 2.19. The Bertz CT molecular complexity index is 458. The summed E-state index contributed by atoms with van der Waals surface area (Å²) in [6, 6.07) is 7.07. The third kappa shape index (κ3) is 3.01. The molecule has 96 valence electrons. The lowest BCUT2D eigenvalue weighted by atomic mass is 10.1. The van der Waals surface area contributed by atoms with Gasteiger partial charge in [0.1, 0.15) is 6.04 Å². The van der Waals surface area contributed by atoms with Crippen LogP contribution in [0.4, 0.5) is 0 Å². The fraction of sp³-hybridized carbons (Fsp3) is 0.385. The molecule has 1 aromatic rings. The fourth-order valence-electron chi connectivity index (χ4n) is 2.20. The molecule has 0 bridgehead atoms. The number of amides is 1. The predicted octanol–water partition coefficient (Wildman–Crippen LogP) is 1.91. The van der Waals surface area contributed by atoms with Crippen LogP contribution in [0.2, 0.25) is 0 Å². The lowest BCUT2D eigenvalue weighted by molar-refractivity contribution is -0.148. The lowest BCUT2D eigenvalue weighted by Gasteiger charge is -2.21. The van der Waals surface area contributed by atoms with Crippen molar-refractivity contribution in [3.8, 4) is 0 Å². The highest BCUT2D eigenvalue weighted by atomic mass is 127. The maximum absolute atomic E-state index is 12.1. The molecule has 1 N–H and O–H groups in total. The van der Waals surface area contributed by atoms with E-state index in [4.69, 9.17) is 5.11 Å². The third-order valence-corrected chi connectivity index (χ3v) is 3.85. The summed E-state index contributed by atoms with van der Waals surface area (Å²) in [6.45, 7) is 0.556. The smallest absolute Gasteiger partial charge is 0.326 e. The number of carbonyl (C=O) groups is 2. The lowest BCUT2D eigenvalue weighted by Crippen LogP contribution is -2.41. The summed E-state index contributed by atoms with van der Waals surface area (Å²) in [6.07, 6.45) is 1.61. The molecule has 0 spiro atoms. The number of likely N-dealkylation sites (tertiary alicyclic amines) is 1. The van der Waals surface area contributed by atoms with E-state index in [1.54, 1.807) is 0 Å². The molecule has 1 aromatic carbocycles. The van der Waals surface area contributed by atoms with Gasteiger partial charge in [0.05, 0.1) is 6.42 Å².